The first kappa shape index (κ1) is 23.1. The Morgan fingerprint density at radius 3 is 2.23 bits per heavy atom. The van der Waals surface area contributed by atoms with Crippen molar-refractivity contribution in [2.75, 3.05) is 11.9 Å². The van der Waals surface area contributed by atoms with Gasteiger partial charge in [0.25, 0.3) is 0 Å². The van der Waals surface area contributed by atoms with Gasteiger partial charge in [0, 0.05) is 18.5 Å². The largest absolute Gasteiger partial charge is 0.494 e. The maximum atomic E-state index is 12.2. The van der Waals surface area contributed by atoms with Gasteiger partial charge in [0.15, 0.2) is 0 Å². The Morgan fingerprint density at radius 2 is 1.57 bits per heavy atom. The normalized spacial score (nSPS) is 11.1. The predicted molar refractivity (Wildman–Crippen MR) is 121 cm³/mol. The zero-order valence-electron chi connectivity index (χ0n) is 17.8. The summed E-state index contributed by atoms with van der Waals surface area (Å²) in [5.41, 5.74) is 5.13. The lowest BCUT2D eigenvalue weighted by Gasteiger charge is -2.08. The van der Waals surface area contributed by atoms with Crippen LogP contribution >= 0.6 is 0 Å². The van der Waals surface area contributed by atoms with Crippen molar-refractivity contribution in [2.45, 2.75) is 52.4 Å². The van der Waals surface area contributed by atoms with Crippen molar-refractivity contribution in [1.29, 1.82) is 0 Å². The van der Waals surface area contributed by atoms with E-state index in [1.54, 1.807) is 24.3 Å². The summed E-state index contributed by atoms with van der Waals surface area (Å²) in [7, 11) is 0. The van der Waals surface area contributed by atoms with Gasteiger partial charge in [0.2, 0.25) is 11.8 Å². The number of unbranched alkanes of at least 4 members (excludes halogenated alkanes) is 2. The molecule has 2 aromatic rings. The van der Waals surface area contributed by atoms with Crippen LogP contribution in [0.15, 0.2) is 59.7 Å². The number of nitrogens with one attached hydrogen (secondary N) is 2. The highest BCUT2D eigenvalue weighted by Gasteiger charge is 2.09. The van der Waals surface area contributed by atoms with E-state index in [4.69, 9.17) is 4.74 Å². The molecule has 2 amide bonds. The number of hydrazone groups is 1. The molecule has 0 fully saturated rings. The second kappa shape index (κ2) is 13.1. The van der Waals surface area contributed by atoms with E-state index in [0.717, 1.165) is 42.7 Å². The molecule has 0 heterocycles. The number of anilines is 1. The van der Waals surface area contributed by atoms with Crippen molar-refractivity contribution in [3.05, 3.63) is 60.2 Å². The minimum Gasteiger partial charge on any atom is -0.494 e. The number of benzene rings is 2. The summed E-state index contributed by atoms with van der Waals surface area (Å²) in [5, 5.41) is 7.11. The highest BCUT2D eigenvalue weighted by molar-refractivity contribution is 6.01. The maximum Gasteiger partial charge on any atom is 0.240 e. The van der Waals surface area contributed by atoms with Crippen LogP contribution in [0.25, 0.3) is 0 Å². The van der Waals surface area contributed by atoms with Crippen LogP contribution in [-0.4, -0.2) is 24.1 Å². The topological polar surface area (TPSA) is 79.8 Å². The van der Waals surface area contributed by atoms with Crippen molar-refractivity contribution in [3.63, 3.8) is 0 Å². The number of amides is 2. The fourth-order valence-corrected chi connectivity index (χ4v) is 2.88. The molecule has 0 radical (unpaired) electrons. The first-order valence-electron chi connectivity index (χ1n) is 10.6. The van der Waals surface area contributed by atoms with Gasteiger partial charge in [-0.3, -0.25) is 9.59 Å². The van der Waals surface area contributed by atoms with E-state index in [1.807, 2.05) is 37.3 Å². The summed E-state index contributed by atoms with van der Waals surface area (Å²) in [6.07, 6.45) is 4.22. The van der Waals surface area contributed by atoms with Gasteiger partial charge in [-0.2, -0.15) is 5.10 Å². The summed E-state index contributed by atoms with van der Waals surface area (Å²) < 4.78 is 5.38. The third-order valence-electron chi connectivity index (χ3n) is 4.47. The number of rotatable bonds is 12. The van der Waals surface area contributed by atoms with Crippen LogP contribution in [0, 0.1) is 0 Å². The van der Waals surface area contributed by atoms with Crippen LogP contribution in [-0.2, 0) is 9.59 Å². The molecular weight excluding hydrogens is 378 g/mol. The van der Waals surface area contributed by atoms with Crippen molar-refractivity contribution in [2.24, 2.45) is 5.10 Å². The molecule has 0 unspecified atom stereocenters. The molecule has 30 heavy (non-hydrogen) atoms. The SMILES string of the molecule is CCCCCC(=NNC(=O)CCC(=O)Nc1ccc(OCC)cc1)c1ccccc1. The van der Waals surface area contributed by atoms with E-state index in [1.165, 1.54) is 0 Å². The molecule has 6 nitrogen and oxygen atoms in total. The average Bonchev–Trinajstić information content (AvgIpc) is 2.77. The van der Waals surface area contributed by atoms with Gasteiger partial charge in [0.1, 0.15) is 5.75 Å². The molecule has 0 saturated carbocycles. The van der Waals surface area contributed by atoms with Crippen molar-refractivity contribution < 1.29 is 14.3 Å². The predicted octanol–water partition coefficient (Wildman–Crippen LogP) is 4.90. The van der Waals surface area contributed by atoms with E-state index in [-0.39, 0.29) is 24.7 Å². The Balaban J connectivity index is 1.83. The summed E-state index contributed by atoms with van der Waals surface area (Å²) in [6.45, 7) is 4.66. The lowest BCUT2D eigenvalue weighted by atomic mass is 10.0. The summed E-state index contributed by atoms with van der Waals surface area (Å²) in [5.74, 6) is 0.256. The highest BCUT2D eigenvalue weighted by atomic mass is 16.5. The lowest BCUT2D eigenvalue weighted by molar-refractivity contribution is -0.124. The highest BCUT2D eigenvalue weighted by Crippen LogP contribution is 2.16. The van der Waals surface area contributed by atoms with Gasteiger partial charge in [-0.1, -0.05) is 50.1 Å². The van der Waals surface area contributed by atoms with Crippen LogP contribution in [0.3, 0.4) is 0 Å². The Morgan fingerprint density at radius 1 is 0.867 bits per heavy atom. The number of carbonyl (C=O) groups is 2. The van der Waals surface area contributed by atoms with Crippen LogP contribution < -0.4 is 15.5 Å². The number of carbonyl (C=O) groups excluding carboxylic acids is 2. The van der Waals surface area contributed by atoms with Crippen molar-refractivity contribution in [1.82, 2.24) is 5.43 Å². The zero-order valence-corrected chi connectivity index (χ0v) is 17.8. The van der Waals surface area contributed by atoms with Crippen LogP contribution in [0.1, 0.15) is 57.9 Å². The molecule has 0 aliphatic rings. The molecule has 6 heteroatoms. The Bertz CT molecular complexity index is 817. The Hall–Kier alpha value is -3.15. The molecule has 2 rings (SSSR count). The molecule has 0 aliphatic heterocycles. The van der Waals surface area contributed by atoms with Crippen LogP contribution in [0.4, 0.5) is 5.69 Å². The number of hydrogen-bond acceptors (Lipinski definition) is 4. The minimum absolute atomic E-state index is 0.0728. The molecule has 0 aromatic heterocycles. The molecule has 2 N–H and O–H groups in total. The molecular formula is C24H31N3O3. The summed E-state index contributed by atoms with van der Waals surface area (Å²) >= 11 is 0. The van der Waals surface area contributed by atoms with Crippen LogP contribution in [0.2, 0.25) is 0 Å². The van der Waals surface area contributed by atoms with Gasteiger partial charge >= 0.3 is 0 Å². The summed E-state index contributed by atoms with van der Waals surface area (Å²) in [6, 6.07) is 17.0. The standard InChI is InChI=1S/C24H31N3O3/c1-3-5-7-12-22(19-10-8-6-9-11-19)26-27-24(29)18-17-23(28)25-20-13-15-21(16-14-20)30-4-2/h6,8-11,13-16H,3-5,7,12,17-18H2,1-2H3,(H,25,28)(H,27,29). The molecule has 2 aromatic carbocycles. The van der Waals surface area contributed by atoms with Gasteiger partial charge in [-0.25, -0.2) is 5.43 Å². The number of hydrogen-bond donors (Lipinski definition) is 2. The molecule has 0 bridgehead atoms. The molecule has 0 spiro atoms. The zero-order chi connectivity index (χ0) is 21.6. The van der Waals surface area contributed by atoms with Crippen molar-refractivity contribution >= 4 is 23.2 Å². The number of ether oxygens (including phenoxy) is 1. The van der Waals surface area contributed by atoms with Gasteiger partial charge in [-0.05, 0) is 49.6 Å². The first-order valence-corrected chi connectivity index (χ1v) is 10.6. The number of nitrogens with zero attached hydrogens (tertiary/aromatic N) is 1. The van der Waals surface area contributed by atoms with E-state index in [0.29, 0.717) is 12.3 Å². The quantitative estimate of drug-likeness (QED) is 0.297. The summed E-state index contributed by atoms with van der Waals surface area (Å²) in [4.78, 5) is 24.3. The second-order valence-electron chi connectivity index (χ2n) is 6.92. The molecule has 0 aliphatic carbocycles. The smallest absolute Gasteiger partial charge is 0.240 e. The van der Waals surface area contributed by atoms with E-state index >= 15 is 0 Å². The minimum atomic E-state index is -0.277. The van der Waals surface area contributed by atoms with Gasteiger partial charge < -0.3 is 10.1 Å². The molecule has 160 valence electrons. The Kier molecular flexibility index (Phi) is 10.1. The van der Waals surface area contributed by atoms with Gasteiger partial charge in [-0.15, -0.1) is 0 Å². The molecule has 0 atom stereocenters. The van der Waals surface area contributed by atoms with Crippen molar-refractivity contribution in [3.8, 4) is 5.75 Å². The van der Waals surface area contributed by atoms with Gasteiger partial charge in [0.05, 0.1) is 12.3 Å². The first-order chi connectivity index (χ1) is 14.6. The fourth-order valence-electron chi connectivity index (χ4n) is 2.88. The van der Waals surface area contributed by atoms with Crippen LogP contribution in [0.5, 0.6) is 5.75 Å². The average molecular weight is 410 g/mol. The third-order valence-corrected chi connectivity index (χ3v) is 4.47. The Labute approximate surface area is 178 Å². The monoisotopic (exact) mass is 409 g/mol. The molecule has 0 saturated heterocycles. The fraction of sp³-hybridized carbons (Fsp3) is 0.375. The third kappa shape index (κ3) is 8.47. The van der Waals surface area contributed by atoms with E-state index < -0.39 is 0 Å². The second-order valence-corrected chi connectivity index (χ2v) is 6.92. The van der Waals surface area contributed by atoms with E-state index in [9.17, 15) is 9.59 Å². The van der Waals surface area contributed by atoms with E-state index in [2.05, 4.69) is 22.8 Å². The lowest BCUT2D eigenvalue weighted by Crippen LogP contribution is -2.22. The maximum absolute atomic E-state index is 12.2.